The van der Waals surface area contributed by atoms with Gasteiger partial charge in [0.15, 0.2) is 11.5 Å². The van der Waals surface area contributed by atoms with Gasteiger partial charge in [-0.2, -0.15) is 0 Å². The molecule has 0 fully saturated rings. The Balaban J connectivity index is 1.31. The van der Waals surface area contributed by atoms with Gasteiger partial charge in [-0.3, -0.25) is 0 Å². The highest BCUT2D eigenvalue weighted by molar-refractivity contribution is 5.72. The third-order valence-corrected chi connectivity index (χ3v) is 4.42. The molecule has 0 atom stereocenters. The molecule has 0 unspecified atom stereocenters. The molecule has 1 aliphatic rings. The molecule has 0 aromatic heterocycles. The van der Waals surface area contributed by atoms with E-state index in [1.165, 1.54) is 16.7 Å². The molecule has 0 aliphatic heterocycles. The minimum atomic E-state index is 0.648. The van der Waals surface area contributed by atoms with Gasteiger partial charge in [0, 0.05) is 6.54 Å². The average molecular weight is 337 g/mol. The molecule has 3 heteroatoms. The van der Waals surface area contributed by atoms with Gasteiger partial charge in [-0.05, 0) is 61.6 Å². The van der Waals surface area contributed by atoms with Crippen LogP contribution in [0.3, 0.4) is 0 Å². The summed E-state index contributed by atoms with van der Waals surface area (Å²) in [6, 6.07) is 16.6. The number of ether oxygens (including phenoxy) is 2. The molecular formula is C22H27NO2. The Labute approximate surface area is 150 Å². The first-order valence-electron chi connectivity index (χ1n) is 9.21. The maximum atomic E-state index is 5.82. The zero-order valence-corrected chi connectivity index (χ0v) is 15.0. The highest BCUT2D eigenvalue weighted by atomic mass is 16.5. The van der Waals surface area contributed by atoms with Crippen LogP contribution in [0.5, 0.6) is 11.5 Å². The minimum Gasteiger partial charge on any atom is -0.490 e. The van der Waals surface area contributed by atoms with Crippen LogP contribution in [-0.2, 0) is 6.42 Å². The maximum absolute atomic E-state index is 5.82. The Morgan fingerprint density at radius 1 is 0.920 bits per heavy atom. The number of fused-ring (bicyclic) bond motifs is 1. The van der Waals surface area contributed by atoms with Crippen LogP contribution in [0, 0.1) is 0 Å². The van der Waals surface area contributed by atoms with Crippen molar-refractivity contribution in [2.75, 3.05) is 26.3 Å². The Hall–Kier alpha value is -2.26. The van der Waals surface area contributed by atoms with E-state index < -0.39 is 0 Å². The molecule has 0 saturated carbocycles. The van der Waals surface area contributed by atoms with Crippen molar-refractivity contribution in [3.05, 3.63) is 65.7 Å². The van der Waals surface area contributed by atoms with E-state index in [2.05, 4.69) is 35.7 Å². The molecular weight excluding hydrogens is 310 g/mol. The summed E-state index contributed by atoms with van der Waals surface area (Å²) in [6.45, 7) is 5.13. The molecule has 0 bridgehead atoms. The summed E-state index contributed by atoms with van der Waals surface area (Å²) in [4.78, 5) is 0. The van der Waals surface area contributed by atoms with Crippen molar-refractivity contribution in [1.82, 2.24) is 5.32 Å². The lowest BCUT2D eigenvalue weighted by Gasteiger charge is -2.12. The molecule has 0 spiro atoms. The van der Waals surface area contributed by atoms with Crippen LogP contribution in [-0.4, -0.2) is 26.3 Å². The largest absolute Gasteiger partial charge is 0.490 e. The SMILES string of the molecule is CCOc1ccccc1OCCNCCCC1=CCc2ccccc21. The lowest BCUT2D eigenvalue weighted by atomic mass is 10.0. The molecule has 3 rings (SSSR count). The standard InChI is InChI=1S/C22H27NO2/c1-2-24-21-11-5-6-12-22(21)25-17-16-23-15-7-9-19-14-13-18-8-3-4-10-20(18)19/h3-6,8,10-12,14,23H,2,7,9,13,15-17H2,1H3. The first kappa shape index (κ1) is 17.6. The van der Waals surface area contributed by atoms with Crippen LogP contribution in [0.4, 0.5) is 0 Å². The van der Waals surface area contributed by atoms with Gasteiger partial charge in [0.05, 0.1) is 6.61 Å². The zero-order chi connectivity index (χ0) is 17.3. The van der Waals surface area contributed by atoms with E-state index in [0.29, 0.717) is 13.2 Å². The zero-order valence-electron chi connectivity index (χ0n) is 15.0. The minimum absolute atomic E-state index is 0.648. The van der Waals surface area contributed by atoms with Crippen LogP contribution in [0.1, 0.15) is 30.9 Å². The second kappa shape index (κ2) is 9.28. The smallest absolute Gasteiger partial charge is 0.161 e. The fourth-order valence-electron chi connectivity index (χ4n) is 3.20. The fraction of sp³-hybridized carbons (Fsp3) is 0.364. The predicted molar refractivity (Wildman–Crippen MR) is 103 cm³/mol. The summed E-state index contributed by atoms with van der Waals surface area (Å²) in [5.41, 5.74) is 4.41. The summed E-state index contributed by atoms with van der Waals surface area (Å²) in [7, 11) is 0. The monoisotopic (exact) mass is 337 g/mol. The molecule has 1 aliphatic carbocycles. The molecule has 0 heterocycles. The van der Waals surface area contributed by atoms with E-state index in [9.17, 15) is 0 Å². The average Bonchev–Trinajstić information content (AvgIpc) is 3.06. The van der Waals surface area contributed by atoms with Crippen molar-refractivity contribution in [1.29, 1.82) is 0 Å². The third kappa shape index (κ3) is 4.86. The number of hydrogen-bond acceptors (Lipinski definition) is 3. The Bertz CT molecular complexity index is 709. The lowest BCUT2D eigenvalue weighted by molar-refractivity contribution is 0.276. The summed E-state index contributed by atoms with van der Waals surface area (Å²) in [5, 5.41) is 3.46. The van der Waals surface area contributed by atoms with Gasteiger partial charge in [0.25, 0.3) is 0 Å². The van der Waals surface area contributed by atoms with Crippen molar-refractivity contribution in [2.24, 2.45) is 0 Å². The predicted octanol–water partition coefficient (Wildman–Crippen LogP) is 4.47. The Kier molecular flexibility index (Phi) is 6.52. The number of rotatable bonds is 10. The highest BCUT2D eigenvalue weighted by Crippen LogP contribution is 2.30. The Morgan fingerprint density at radius 3 is 2.52 bits per heavy atom. The van der Waals surface area contributed by atoms with E-state index in [4.69, 9.17) is 9.47 Å². The van der Waals surface area contributed by atoms with Crippen LogP contribution in [0.25, 0.3) is 5.57 Å². The van der Waals surface area contributed by atoms with Crippen molar-refractivity contribution in [2.45, 2.75) is 26.2 Å². The van der Waals surface area contributed by atoms with Gasteiger partial charge in [0.2, 0.25) is 0 Å². The first-order chi connectivity index (χ1) is 12.4. The Morgan fingerprint density at radius 2 is 1.68 bits per heavy atom. The molecule has 0 amide bonds. The maximum Gasteiger partial charge on any atom is 0.161 e. The molecule has 0 saturated heterocycles. The number of allylic oxidation sites excluding steroid dienone is 2. The molecule has 2 aromatic carbocycles. The molecule has 1 N–H and O–H groups in total. The lowest BCUT2D eigenvalue weighted by Crippen LogP contribution is -2.22. The van der Waals surface area contributed by atoms with E-state index >= 15 is 0 Å². The fourth-order valence-corrected chi connectivity index (χ4v) is 3.20. The van der Waals surface area contributed by atoms with Crippen molar-refractivity contribution in [3.63, 3.8) is 0 Å². The highest BCUT2D eigenvalue weighted by Gasteiger charge is 2.12. The second-order valence-corrected chi connectivity index (χ2v) is 6.17. The van der Waals surface area contributed by atoms with Crippen LogP contribution in [0.2, 0.25) is 0 Å². The molecule has 25 heavy (non-hydrogen) atoms. The van der Waals surface area contributed by atoms with E-state index in [1.807, 2.05) is 31.2 Å². The van der Waals surface area contributed by atoms with E-state index in [1.54, 1.807) is 0 Å². The van der Waals surface area contributed by atoms with Gasteiger partial charge >= 0.3 is 0 Å². The van der Waals surface area contributed by atoms with Crippen molar-refractivity contribution < 1.29 is 9.47 Å². The number of benzene rings is 2. The normalized spacial score (nSPS) is 12.6. The second-order valence-electron chi connectivity index (χ2n) is 6.17. The van der Waals surface area contributed by atoms with E-state index in [0.717, 1.165) is 43.9 Å². The molecule has 132 valence electrons. The number of nitrogens with one attached hydrogen (secondary N) is 1. The van der Waals surface area contributed by atoms with Gasteiger partial charge in [-0.25, -0.2) is 0 Å². The van der Waals surface area contributed by atoms with Crippen molar-refractivity contribution in [3.8, 4) is 11.5 Å². The number of hydrogen-bond donors (Lipinski definition) is 1. The van der Waals surface area contributed by atoms with Gasteiger partial charge in [-0.1, -0.05) is 42.5 Å². The first-order valence-corrected chi connectivity index (χ1v) is 9.21. The molecule has 2 aromatic rings. The topological polar surface area (TPSA) is 30.5 Å². The van der Waals surface area contributed by atoms with Gasteiger partial charge < -0.3 is 14.8 Å². The molecule has 3 nitrogen and oxygen atoms in total. The summed E-state index contributed by atoms with van der Waals surface area (Å²) >= 11 is 0. The summed E-state index contributed by atoms with van der Waals surface area (Å²) in [6.07, 6.45) is 5.75. The quantitative estimate of drug-likeness (QED) is 0.649. The summed E-state index contributed by atoms with van der Waals surface area (Å²) in [5.74, 6) is 1.63. The summed E-state index contributed by atoms with van der Waals surface area (Å²) < 4.78 is 11.4. The van der Waals surface area contributed by atoms with Gasteiger partial charge in [0.1, 0.15) is 6.61 Å². The van der Waals surface area contributed by atoms with Gasteiger partial charge in [-0.15, -0.1) is 0 Å². The third-order valence-electron chi connectivity index (χ3n) is 4.42. The van der Waals surface area contributed by atoms with Crippen molar-refractivity contribution >= 4 is 5.57 Å². The van der Waals surface area contributed by atoms with E-state index in [-0.39, 0.29) is 0 Å². The van der Waals surface area contributed by atoms with Crippen LogP contribution in [0.15, 0.2) is 54.6 Å². The molecule has 0 radical (unpaired) electrons. The van der Waals surface area contributed by atoms with Crippen LogP contribution >= 0.6 is 0 Å². The van der Waals surface area contributed by atoms with Crippen LogP contribution < -0.4 is 14.8 Å². The number of para-hydroxylation sites is 2.